The van der Waals surface area contributed by atoms with Crippen LogP contribution in [0.15, 0.2) is 52.0 Å². The molecule has 0 saturated carbocycles. The number of carbonyl (C=O) groups is 1. The van der Waals surface area contributed by atoms with Crippen molar-refractivity contribution < 1.29 is 27.1 Å². The molecule has 1 amide bonds. The van der Waals surface area contributed by atoms with Gasteiger partial charge in [0.15, 0.2) is 0 Å². The molecular weight excluding hydrogens is 420 g/mol. The van der Waals surface area contributed by atoms with Crippen LogP contribution in [0, 0.1) is 0 Å². The van der Waals surface area contributed by atoms with E-state index >= 15 is 0 Å². The van der Waals surface area contributed by atoms with Gasteiger partial charge in [-0.25, -0.2) is 8.42 Å². The summed E-state index contributed by atoms with van der Waals surface area (Å²) in [5.74, 6) is 0.705. The number of anilines is 1. The minimum atomic E-state index is -3.67. The molecule has 0 atom stereocenters. The molecule has 0 unspecified atom stereocenters. The Kier molecular flexibility index (Phi) is 6.87. The molecule has 0 bridgehead atoms. The molecule has 0 aliphatic heterocycles. The van der Waals surface area contributed by atoms with Crippen molar-refractivity contribution in [2.24, 2.45) is 0 Å². The zero-order chi connectivity index (χ0) is 22.6. The van der Waals surface area contributed by atoms with Crippen molar-refractivity contribution in [1.82, 2.24) is 4.31 Å². The molecule has 0 aliphatic carbocycles. The number of methoxy groups -OCH3 is 2. The molecule has 2 aromatic carbocycles. The Balaban J connectivity index is 1.85. The predicted octanol–water partition coefficient (Wildman–Crippen LogP) is 3.66. The lowest BCUT2D eigenvalue weighted by Crippen LogP contribution is -2.30. The molecule has 1 N–H and O–H groups in total. The number of nitrogens with zero attached hydrogens (tertiary/aromatic N) is 1. The summed E-state index contributed by atoms with van der Waals surface area (Å²) in [5, 5.41) is 3.57. The highest BCUT2D eigenvalue weighted by Crippen LogP contribution is 2.30. The largest absolute Gasteiger partial charge is 0.497 e. The number of fused-ring (bicyclic) bond motifs is 1. The maximum Gasteiger partial charge on any atom is 0.243 e. The average Bonchev–Trinajstić information content (AvgIpc) is 3.15. The van der Waals surface area contributed by atoms with Crippen LogP contribution in [0.25, 0.3) is 11.0 Å². The van der Waals surface area contributed by atoms with Crippen molar-refractivity contribution >= 4 is 32.6 Å². The molecule has 0 fully saturated rings. The number of hydrogen-bond donors (Lipinski definition) is 1. The Morgan fingerprint density at radius 1 is 1.06 bits per heavy atom. The molecular formula is C22H26N2O6S. The van der Waals surface area contributed by atoms with Crippen molar-refractivity contribution in [1.29, 1.82) is 0 Å². The second-order valence-corrected chi connectivity index (χ2v) is 8.74. The van der Waals surface area contributed by atoms with Crippen LogP contribution in [0.2, 0.25) is 0 Å². The van der Waals surface area contributed by atoms with Gasteiger partial charge in [-0.05, 0) is 30.3 Å². The topological polar surface area (TPSA) is 98.1 Å². The third kappa shape index (κ3) is 4.67. The highest BCUT2D eigenvalue weighted by Gasteiger charge is 2.23. The first kappa shape index (κ1) is 22.6. The lowest BCUT2D eigenvalue weighted by atomic mass is 10.1. The molecule has 166 valence electrons. The molecule has 0 radical (unpaired) electrons. The van der Waals surface area contributed by atoms with Crippen LogP contribution in [0.5, 0.6) is 11.5 Å². The molecule has 0 saturated heterocycles. The van der Waals surface area contributed by atoms with Crippen LogP contribution in [0.1, 0.15) is 19.4 Å². The van der Waals surface area contributed by atoms with Crippen LogP contribution in [0.3, 0.4) is 0 Å². The summed E-state index contributed by atoms with van der Waals surface area (Å²) in [5.41, 5.74) is 1.61. The van der Waals surface area contributed by atoms with Crippen molar-refractivity contribution in [3.63, 3.8) is 0 Å². The molecule has 3 aromatic rings. The number of hydrogen-bond acceptors (Lipinski definition) is 6. The van der Waals surface area contributed by atoms with Crippen molar-refractivity contribution in [3.8, 4) is 11.5 Å². The van der Waals surface area contributed by atoms with Gasteiger partial charge in [0.1, 0.15) is 17.1 Å². The summed E-state index contributed by atoms with van der Waals surface area (Å²) in [7, 11) is -0.642. The van der Waals surface area contributed by atoms with Gasteiger partial charge < -0.3 is 19.2 Å². The lowest BCUT2D eigenvalue weighted by molar-refractivity contribution is -0.115. The van der Waals surface area contributed by atoms with E-state index in [1.807, 2.05) is 6.07 Å². The minimum absolute atomic E-state index is 0.0511. The van der Waals surface area contributed by atoms with Gasteiger partial charge in [0.2, 0.25) is 15.9 Å². The summed E-state index contributed by atoms with van der Waals surface area (Å²) in [6, 6.07) is 9.80. The summed E-state index contributed by atoms with van der Waals surface area (Å²) < 4.78 is 43.0. The van der Waals surface area contributed by atoms with Gasteiger partial charge in [0.05, 0.1) is 37.5 Å². The Hall–Kier alpha value is -3.04. The first-order chi connectivity index (χ1) is 14.8. The Morgan fingerprint density at radius 2 is 1.81 bits per heavy atom. The van der Waals surface area contributed by atoms with Crippen LogP contribution in [-0.4, -0.2) is 45.9 Å². The SMILES string of the molecule is CCN(CC)S(=O)(=O)c1ccc(OC)c(NC(=O)Cc2coc3cc(OC)ccc23)c1. The number of rotatable bonds is 9. The standard InChI is InChI=1S/C22H26N2O6S/c1-5-24(6-2)31(26,27)17-8-10-20(29-4)19(13-17)23-22(25)11-15-14-30-21-12-16(28-3)7-9-18(15)21/h7-10,12-14H,5-6,11H2,1-4H3,(H,23,25). The summed E-state index contributed by atoms with van der Waals surface area (Å²) in [6.45, 7) is 4.26. The predicted molar refractivity (Wildman–Crippen MR) is 118 cm³/mol. The fourth-order valence-electron chi connectivity index (χ4n) is 3.35. The van der Waals surface area contributed by atoms with Gasteiger partial charge in [-0.2, -0.15) is 4.31 Å². The molecule has 0 spiro atoms. The normalized spacial score (nSPS) is 11.6. The number of furan rings is 1. The van der Waals surface area contributed by atoms with E-state index < -0.39 is 10.0 Å². The van der Waals surface area contributed by atoms with E-state index in [2.05, 4.69) is 5.32 Å². The van der Waals surface area contributed by atoms with Crippen LogP contribution in [-0.2, 0) is 21.2 Å². The first-order valence-electron chi connectivity index (χ1n) is 9.86. The van der Waals surface area contributed by atoms with E-state index in [0.29, 0.717) is 35.7 Å². The van der Waals surface area contributed by atoms with Crippen molar-refractivity contribution in [2.45, 2.75) is 25.2 Å². The third-order valence-electron chi connectivity index (χ3n) is 5.00. The number of sulfonamides is 1. The average molecular weight is 447 g/mol. The molecule has 8 nitrogen and oxygen atoms in total. The quantitative estimate of drug-likeness (QED) is 0.539. The molecule has 1 aromatic heterocycles. The fourth-order valence-corrected chi connectivity index (χ4v) is 4.84. The maximum atomic E-state index is 12.8. The van der Waals surface area contributed by atoms with Gasteiger partial charge in [0, 0.05) is 30.1 Å². The number of benzene rings is 2. The zero-order valence-electron chi connectivity index (χ0n) is 18.0. The Bertz CT molecular complexity index is 1180. The van der Waals surface area contributed by atoms with Crippen LogP contribution < -0.4 is 14.8 Å². The molecule has 1 heterocycles. The van der Waals surface area contributed by atoms with Crippen molar-refractivity contribution in [3.05, 3.63) is 48.2 Å². The van der Waals surface area contributed by atoms with E-state index in [-0.39, 0.29) is 22.9 Å². The molecule has 0 aliphatic rings. The molecule has 31 heavy (non-hydrogen) atoms. The van der Waals surface area contributed by atoms with E-state index in [1.54, 1.807) is 33.1 Å². The first-order valence-corrected chi connectivity index (χ1v) is 11.3. The number of amides is 1. The van der Waals surface area contributed by atoms with E-state index in [9.17, 15) is 13.2 Å². The van der Waals surface area contributed by atoms with Crippen molar-refractivity contribution in [2.75, 3.05) is 32.6 Å². The minimum Gasteiger partial charge on any atom is -0.497 e. The summed E-state index contributed by atoms with van der Waals surface area (Å²) in [6.07, 6.45) is 1.58. The van der Waals surface area contributed by atoms with Crippen LogP contribution >= 0.6 is 0 Å². The Labute approximate surface area is 181 Å². The fraction of sp³-hybridized carbons (Fsp3) is 0.318. The van der Waals surface area contributed by atoms with E-state index in [4.69, 9.17) is 13.9 Å². The van der Waals surface area contributed by atoms with Gasteiger partial charge in [-0.15, -0.1) is 0 Å². The Morgan fingerprint density at radius 3 is 2.45 bits per heavy atom. The molecule has 3 rings (SSSR count). The van der Waals surface area contributed by atoms with Gasteiger partial charge in [-0.3, -0.25) is 4.79 Å². The highest BCUT2D eigenvalue weighted by molar-refractivity contribution is 7.89. The highest BCUT2D eigenvalue weighted by atomic mass is 32.2. The number of carbonyl (C=O) groups excluding carboxylic acids is 1. The third-order valence-corrected chi connectivity index (χ3v) is 7.05. The van der Waals surface area contributed by atoms with Crippen LogP contribution in [0.4, 0.5) is 5.69 Å². The second-order valence-electron chi connectivity index (χ2n) is 6.80. The second kappa shape index (κ2) is 9.40. The van der Waals surface area contributed by atoms with Gasteiger partial charge >= 0.3 is 0 Å². The number of nitrogens with one attached hydrogen (secondary N) is 1. The smallest absolute Gasteiger partial charge is 0.243 e. The summed E-state index contributed by atoms with van der Waals surface area (Å²) in [4.78, 5) is 12.8. The lowest BCUT2D eigenvalue weighted by Gasteiger charge is -2.19. The molecule has 9 heteroatoms. The summed E-state index contributed by atoms with van der Waals surface area (Å²) >= 11 is 0. The van der Waals surface area contributed by atoms with E-state index in [1.165, 1.54) is 35.9 Å². The van der Waals surface area contributed by atoms with Gasteiger partial charge in [0.25, 0.3) is 0 Å². The van der Waals surface area contributed by atoms with Gasteiger partial charge in [-0.1, -0.05) is 13.8 Å². The van der Waals surface area contributed by atoms with E-state index in [0.717, 1.165) is 5.39 Å². The number of ether oxygens (including phenoxy) is 2. The zero-order valence-corrected chi connectivity index (χ0v) is 18.8. The maximum absolute atomic E-state index is 12.8. The monoisotopic (exact) mass is 446 g/mol.